The zero-order valence-electron chi connectivity index (χ0n) is 14.1. The fraction of sp³-hybridized carbons (Fsp3) is 0.267. The number of halogens is 2. The van der Waals surface area contributed by atoms with Gasteiger partial charge in [0.2, 0.25) is 5.91 Å². The van der Waals surface area contributed by atoms with E-state index >= 15 is 0 Å². The lowest BCUT2D eigenvalue weighted by atomic mass is 10.1. The number of hydrogen-bond donors (Lipinski definition) is 1. The maximum atomic E-state index is 13.6. The maximum absolute atomic E-state index is 13.6. The van der Waals surface area contributed by atoms with Gasteiger partial charge in [-0.3, -0.25) is 14.2 Å². The molecule has 11 heteroatoms. The Kier molecular flexibility index (Phi) is 6.03. The van der Waals surface area contributed by atoms with Gasteiger partial charge in [0, 0.05) is 19.7 Å². The van der Waals surface area contributed by atoms with Crippen molar-refractivity contribution in [2.24, 2.45) is 19.2 Å². The van der Waals surface area contributed by atoms with Gasteiger partial charge in [0.25, 0.3) is 5.56 Å². The first-order valence-electron chi connectivity index (χ1n) is 7.26. The van der Waals surface area contributed by atoms with Crippen LogP contribution >= 0.6 is 11.8 Å². The molecule has 0 radical (unpaired) electrons. The van der Waals surface area contributed by atoms with E-state index in [0.717, 1.165) is 39.2 Å². The molecular formula is C15H15F2N5O3S. The van der Waals surface area contributed by atoms with Gasteiger partial charge < -0.3 is 0 Å². The predicted octanol–water partition coefficient (Wildman–Crippen LogP) is 0.390. The van der Waals surface area contributed by atoms with E-state index in [1.807, 2.05) is 0 Å². The number of thioether (sulfide) groups is 1. The number of nitrogens with zero attached hydrogens (tertiary/aromatic N) is 4. The van der Waals surface area contributed by atoms with Gasteiger partial charge in [-0.15, -0.1) is 0 Å². The fourth-order valence-corrected chi connectivity index (χ4v) is 2.68. The van der Waals surface area contributed by atoms with Crippen LogP contribution in [0.25, 0.3) is 0 Å². The van der Waals surface area contributed by atoms with Crippen LogP contribution in [-0.4, -0.2) is 31.7 Å². The normalized spacial score (nSPS) is 11.5. The van der Waals surface area contributed by atoms with Crippen LogP contribution in [0.5, 0.6) is 0 Å². The molecular weight excluding hydrogens is 368 g/mol. The molecule has 2 aromatic rings. The predicted molar refractivity (Wildman–Crippen MR) is 92.2 cm³/mol. The number of carbonyl (C=O) groups excluding carboxylic acids is 1. The highest BCUT2D eigenvalue weighted by atomic mass is 32.2. The molecule has 138 valence electrons. The van der Waals surface area contributed by atoms with E-state index in [-0.39, 0.29) is 22.1 Å². The van der Waals surface area contributed by atoms with Crippen LogP contribution in [0.15, 0.2) is 37.9 Å². The second kappa shape index (κ2) is 8.04. The second-order valence-electron chi connectivity index (χ2n) is 5.22. The molecule has 0 aliphatic rings. The van der Waals surface area contributed by atoms with Crippen LogP contribution in [-0.2, 0) is 18.9 Å². The van der Waals surface area contributed by atoms with Crippen molar-refractivity contribution in [3.8, 4) is 0 Å². The Morgan fingerprint density at radius 1 is 1.31 bits per heavy atom. The largest absolute Gasteiger partial charge is 0.346 e. The topological polar surface area (TPSA) is 98.3 Å². The quantitative estimate of drug-likeness (QED) is 0.458. The first-order chi connectivity index (χ1) is 12.2. The number of amides is 1. The summed E-state index contributed by atoms with van der Waals surface area (Å²) in [6.07, 6.45) is 0. The summed E-state index contributed by atoms with van der Waals surface area (Å²) in [6, 6.07) is 2.90. The number of hydrogen-bond acceptors (Lipinski definition) is 6. The number of carbonyl (C=O) groups is 1. The second-order valence-corrected chi connectivity index (χ2v) is 6.18. The lowest BCUT2D eigenvalue weighted by Crippen LogP contribution is -2.39. The molecule has 1 amide bonds. The van der Waals surface area contributed by atoms with E-state index in [1.165, 1.54) is 21.0 Å². The van der Waals surface area contributed by atoms with Gasteiger partial charge >= 0.3 is 5.69 Å². The molecule has 0 saturated heterocycles. The van der Waals surface area contributed by atoms with E-state index < -0.39 is 28.8 Å². The molecule has 0 spiro atoms. The van der Waals surface area contributed by atoms with Gasteiger partial charge in [0.05, 0.1) is 11.5 Å². The Morgan fingerprint density at radius 2 is 2.00 bits per heavy atom. The molecule has 0 aliphatic carbocycles. The number of aryl methyl sites for hydroxylation is 1. The molecule has 0 bridgehead atoms. The van der Waals surface area contributed by atoms with Crippen molar-refractivity contribution >= 4 is 23.4 Å². The van der Waals surface area contributed by atoms with Crippen LogP contribution in [0.4, 0.5) is 8.78 Å². The minimum Gasteiger partial charge on any atom is -0.272 e. The third kappa shape index (κ3) is 4.42. The number of nitrogens with one attached hydrogen (secondary N) is 1. The molecule has 0 aliphatic heterocycles. The molecule has 1 heterocycles. The van der Waals surface area contributed by atoms with Gasteiger partial charge in [-0.25, -0.2) is 23.7 Å². The van der Waals surface area contributed by atoms with Crippen LogP contribution in [0.2, 0.25) is 0 Å². The maximum Gasteiger partial charge on any atom is 0.346 e. The van der Waals surface area contributed by atoms with Gasteiger partial charge in [-0.05, 0) is 25.1 Å². The highest BCUT2D eigenvalue weighted by molar-refractivity contribution is 7.99. The average molecular weight is 383 g/mol. The standard InChI is InChI=1S/C15H15F2N5O3S/c1-8(10-6-9(16)4-5-11(10)17)18-19-12(23)7-26-13-14(24)21(2)15(25)22(3)20-13/h4-6H,7H2,1-3H3,(H,19,23)/b18-8-. The average Bonchev–Trinajstić information content (AvgIpc) is 2.61. The van der Waals surface area contributed by atoms with Crippen molar-refractivity contribution in [1.29, 1.82) is 0 Å². The van der Waals surface area contributed by atoms with Crippen molar-refractivity contribution in [3.63, 3.8) is 0 Å². The van der Waals surface area contributed by atoms with Gasteiger partial charge in [-0.2, -0.15) is 10.2 Å². The van der Waals surface area contributed by atoms with Crippen LogP contribution < -0.4 is 16.7 Å². The lowest BCUT2D eigenvalue weighted by molar-refractivity contribution is -0.118. The van der Waals surface area contributed by atoms with Crippen molar-refractivity contribution in [3.05, 3.63) is 56.2 Å². The number of aromatic nitrogens is 3. The number of benzene rings is 1. The molecule has 0 atom stereocenters. The summed E-state index contributed by atoms with van der Waals surface area (Å²) in [5, 5.41) is 7.49. The zero-order chi connectivity index (χ0) is 19.4. The van der Waals surface area contributed by atoms with Crippen molar-refractivity contribution in [2.75, 3.05) is 5.75 Å². The Hall–Kier alpha value is -2.82. The Morgan fingerprint density at radius 3 is 2.69 bits per heavy atom. The van der Waals surface area contributed by atoms with E-state index in [0.29, 0.717) is 0 Å². The SMILES string of the molecule is C/C(=N/NC(=O)CSc1nn(C)c(=O)n(C)c1=O)c1cc(F)ccc1F. The molecule has 0 unspecified atom stereocenters. The molecule has 1 aromatic carbocycles. The summed E-state index contributed by atoms with van der Waals surface area (Å²) in [7, 11) is 2.69. The van der Waals surface area contributed by atoms with E-state index in [2.05, 4.69) is 15.6 Å². The highest BCUT2D eigenvalue weighted by Gasteiger charge is 2.12. The molecule has 0 fully saturated rings. The fourth-order valence-electron chi connectivity index (χ4n) is 1.91. The summed E-state index contributed by atoms with van der Waals surface area (Å²) >= 11 is 0.826. The third-order valence-electron chi connectivity index (χ3n) is 3.30. The van der Waals surface area contributed by atoms with Crippen LogP contribution in [0.1, 0.15) is 12.5 Å². The number of hydrazone groups is 1. The summed E-state index contributed by atoms with van der Waals surface area (Å²) in [4.78, 5) is 35.3. The monoisotopic (exact) mass is 383 g/mol. The highest BCUT2D eigenvalue weighted by Crippen LogP contribution is 2.11. The van der Waals surface area contributed by atoms with E-state index in [4.69, 9.17) is 0 Å². The Labute approximate surface area is 150 Å². The molecule has 26 heavy (non-hydrogen) atoms. The van der Waals surface area contributed by atoms with Crippen LogP contribution in [0, 0.1) is 11.6 Å². The Bertz CT molecular complexity index is 1000. The zero-order valence-corrected chi connectivity index (χ0v) is 14.9. The number of rotatable bonds is 5. The molecule has 8 nitrogen and oxygen atoms in total. The summed E-state index contributed by atoms with van der Waals surface area (Å²) < 4.78 is 28.7. The van der Waals surface area contributed by atoms with Gasteiger partial charge in [0.15, 0.2) is 5.03 Å². The Balaban J connectivity index is 2.05. The first-order valence-corrected chi connectivity index (χ1v) is 8.25. The molecule has 2 rings (SSSR count). The first kappa shape index (κ1) is 19.5. The third-order valence-corrected chi connectivity index (χ3v) is 4.23. The molecule has 0 saturated carbocycles. The lowest BCUT2D eigenvalue weighted by Gasteiger charge is -2.06. The minimum atomic E-state index is -0.672. The van der Waals surface area contributed by atoms with Gasteiger partial charge in [-0.1, -0.05) is 11.8 Å². The minimum absolute atomic E-state index is 0.0263. The van der Waals surface area contributed by atoms with E-state index in [1.54, 1.807) is 0 Å². The summed E-state index contributed by atoms with van der Waals surface area (Å²) in [5.41, 5.74) is 0.994. The van der Waals surface area contributed by atoms with Crippen molar-refractivity contribution < 1.29 is 13.6 Å². The molecule has 1 aromatic heterocycles. The van der Waals surface area contributed by atoms with E-state index in [9.17, 15) is 23.2 Å². The smallest absolute Gasteiger partial charge is 0.272 e. The summed E-state index contributed by atoms with van der Waals surface area (Å²) in [6.45, 7) is 1.41. The van der Waals surface area contributed by atoms with Crippen molar-refractivity contribution in [2.45, 2.75) is 11.9 Å². The molecule has 1 N–H and O–H groups in total. The van der Waals surface area contributed by atoms with Crippen molar-refractivity contribution in [1.82, 2.24) is 19.8 Å². The van der Waals surface area contributed by atoms with Gasteiger partial charge in [0.1, 0.15) is 11.6 Å². The summed E-state index contributed by atoms with van der Waals surface area (Å²) in [5.74, 6) is -2.09. The van der Waals surface area contributed by atoms with Crippen LogP contribution in [0.3, 0.4) is 0 Å².